The minimum absolute atomic E-state index is 0.287. The van der Waals surface area contributed by atoms with Crippen LogP contribution in [0, 0.1) is 5.41 Å². The standard InChI is InChI=1S/C9H12O.C5H12O4/c10-8-4-7-9-5-2-1-3-6-9;6-1-5(2-7,3-8)4-9/h1-3,5-6,10H,4,7-8H2;6-9H,1-4H2. The fourth-order valence-corrected chi connectivity index (χ4v) is 1.23. The van der Waals surface area contributed by atoms with Crippen LogP contribution in [0.25, 0.3) is 0 Å². The topological polar surface area (TPSA) is 101 Å². The third-order valence-corrected chi connectivity index (χ3v) is 2.81. The first-order valence-electron chi connectivity index (χ1n) is 6.26. The van der Waals surface area contributed by atoms with Gasteiger partial charge in [-0.15, -0.1) is 0 Å². The van der Waals surface area contributed by atoms with Gasteiger partial charge in [-0.25, -0.2) is 0 Å². The second kappa shape index (κ2) is 10.9. The van der Waals surface area contributed by atoms with E-state index in [0.29, 0.717) is 0 Å². The Morgan fingerprint density at radius 2 is 1.21 bits per heavy atom. The molecule has 0 aliphatic rings. The number of hydrogen-bond acceptors (Lipinski definition) is 5. The molecule has 0 radical (unpaired) electrons. The van der Waals surface area contributed by atoms with Crippen LogP contribution in [-0.2, 0) is 6.42 Å². The lowest BCUT2D eigenvalue weighted by Crippen LogP contribution is -2.37. The van der Waals surface area contributed by atoms with E-state index in [-0.39, 0.29) is 6.61 Å². The van der Waals surface area contributed by atoms with E-state index in [2.05, 4.69) is 12.1 Å². The lowest BCUT2D eigenvalue weighted by molar-refractivity contribution is -0.0328. The third kappa shape index (κ3) is 7.25. The Morgan fingerprint density at radius 1 is 0.737 bits per heavy atom. The van der Waals surface area contributed by atoms with Gasteiger partial charge in [0.15, 0.2) is 0 Å². The zero-order valence-electron chi connectivity index (χ0n) is 11.1. The second-order valence-electron chi connectivity index (χ2n) is 4.45. The highest BCUT2D eigenvalue weighted by molar-refractivity contribution is 5.14. The van der Waals surface area contributed by atoms with E-state index in [1.165, 1.54) is 5.56 Å². The maximum Gasteiger partial charge on any atom is 0.0627 e. The molecule has 0 aliphatic carbocycles. The van der Waals surface area contributed by atoms with Gasteiger partial charge in [0.05, 0.1) is 31.8 Å². The largest absolute Gasteiger partial charge is 0.396 e. The predicted octanol–water partition coefficient (Wildman–Crippen LogP) is -0.447. The molecule has 0 amide bonds. The van der Waals surface area contributed by atoms with Gasteiger partial charge in [0, 0.05) is 6.61 Å². The maximum absolute atomic E-state index is 8.53. The Labute approximate surface area is 113 Å². The van der Waals surface area contributed by atoms with Crippen molar-refractivity contribution >= 4 is 0 Å². The van der Waals surface area contributed by atoms with Gasteiger partial charge in [0.2, 0.25) is 0 Å². The van der Waals surface area contributed by atoms with Crippen molar-refractivity contribution in [3.63, 3.8) is 0 Å². The molecule has 0 saturated carbocycles. The van der Waals surface area contributed by atoms with Crippen molar-refractivity contribution in [1.29, 1.82) is 0 Å². The van der Waals surface area contributed by atoms with Crippen molar-refractivity contribution in [3.8, 4) is 0 Å². The fraction of sp³-hybridized carbons (Fsp3) is 0.571. The number of aliphatic hydroxyl groups is 5. The molecule has 5 heteroatoms. The summed E-state index contributed by atoms with van der Waals surface area (Å²) in [6, 6.07) is 10.2. The highest BCUT2D eigenvalue weighted by Gasteiger charge is 2.26. The zero-order chi connectivity index (χ0) is 14.6. The molecular formula is C14H24O5. The average molecular weight is 272 g/mol. The molecule has 0 spiro atoms. The summed E-state index contributed by atoms with van der Waals surface area (Å²) in [5, 5.41) is 42.5. The molecule has 0 fully saturated rings. The molecule has 5 nitrogen and oxygen atoms in total. The SMILES string of the molecule is OCC(CO)(CO)CO.OCCCc1ccccc1. The summed E-state index contributed by atoms with van der Waals surface area (Å²) in [6.45, 7) is -1.34. The van der Waals surface area contributed by atoms with Crippen molar-refractivity contribution in [2.24, 2.45) is 5.41 Å². The average Bonchev–Trinajstić information content (AvgIpc) is 2.50. The number of rotatable bonds is 7. The van der Waals surface area contributed by atoms with Crippen LogP contribution in [0.2, 0.25) is 0 Å². The minimum atomic E-state index is -1.11. The first-order chi connectivity index (χ1) is 9.17. The van der Waals surface area contributed by atoms with Gasteiger partial charge in [-0.3, -0.25) is 0 Å². The van der Waals surface area contributed by atoms with Gasteiger partial charge >= 0.3 is 0 Å². The smallest absolute Gasteiger partial charge is 0.0627 e. The van der Waals surface area contributed by atoms with E-state index < -0.39 is 31.8 Å². The van der Waals surface area contributed by atoms with Crippen molar-refractivity contribution in [2.45, 2.75) is 12.8 Å². The summed E-state index contributed by atoms with van der Waals surface area (Å²) in [7, 11) is 0. The molecule has 0 bridgehead atoms. The Morgan fingerprint density at radius 3 is 1.53 bits per heavy atom. The van der Waals surface area contributed by atoms with Crippen LogP contribution in [-0.4, -0.2) is 58.6 Å². The van der Waals surface area contributed by atoms with Crippen LogP contribution in [0.1, 0.15) is 12.0 Å². The summed E-state index contributed by atoms with van der Waals surface area (Å²) in [5.74, 6) is 0. The van der Waals surface area contributed by atoms with Gasteiger partial charge in [-0.2, -0.15) is 0 Å². The second-order valence-corrected chi connectivity index (χ2v) is 4.45. The van der Waals surface area contributed by atoms with E-state index in [1.807, 2.05) is 18.2 Å². The van der Waals surface area contributed by atoms with Crippen molar-refractivity contribution in [3.05, 3.63) is 35.9 Å². The molecule has 0 aliphatic heterocycles. The summed E-state index contributed by atoms with van der Waals surface area (Å²) < 4.78 is 0. The summed E-state index contributed by atoms with van der Waals surface area (Å²) in [4.78, 5) is 0. The first kappa shape index (κ1) is 18.0. The summed E-state index contributed by atoms with van der Waals surface area (Å²) in [6.07, 6.45) is 1.85. The van der Waals surface area contributed by atoms with Gasteiger partial charge in [-0.05, 0) is 18.4 Å². The van der Waals surface area contributed by atoms with Crippen LogP contribution >= 0.6 is 0 Å². The number of aryl methyl sites for hydroxylation is 1. The highest BCUT2D eigenvalue weighted by atomic mass is 16.3. The van der Waals surface area contributed by atoms with Crippen molar-refractivity contribution in [1.82, 2.24) is 0 Å². The van der Waals surface area contributed by atoms with Gasteiger partial charge in [0.25, 0.3) is 0 Å². The van der Waals surface area contributed by atoms with Crippen LogP contribution < -0.4 is 0 Å². The third-order valence-electron chi connectivity index (χ3n) is 2.81. The molecule has 0 saturated heterocycles. The summed E-state index contributed by atoms with van der Waals surface area (Å²) >= 11 is 0. The Hall–Kier alpha value is -0.980. The van der Waals surface area contributed by atoms with Crippen LogP contribution in [0.5, 0.6) is 0 Å². The van der Waals surface area contributed by atoms with Crippen LogP contribution in [0.15, 0.2) is 30.3 Å². The molecule has 110 valence electrons. The van der Waals surface area contributed by atoms with Gasteiger partial charge in [0.1, 0.15) is 0 Å². The molecule has 19 heavy (non-hydrogen) atoms. The molecule has 1 aromatic carbocycles. The molecule has 0 aromatic heterocycles. The quantitative estimate of drug-likeness (QED) is 0.463. The fourth-order valence-electron chi connectivity index (χ4n) is 1.23. The molecule has 1 aromatic rings. The van der Waals surface area contributed by atoms with E-state index in [1.54, 1.807) is 0 Å². The minimum Gasteiger partial charge on any atom is -0.396 e. The Bertz CT molecular complexity index is 280. The highest BCUT2D eigenvalue weighted by Crippen LogP contribution is 2.11. The molecule has 1 rings (SSSR count). The predicted molar refractivity (Wildman–Crippen MR) is 72.6 cm³/mol. The van der Waals surface area contributed by atoms with E-state index in [0.717, 1.165) is 12.8 Å². The maximum atomic E-state index is 8.53. The van der Waals surface area contributed by atoms with E-state index in [4.69, 9.17) is 25.5 Å². The van der Waals surface area contributed by atoms with Crippen molar-refractivity contribution in [2.75, 3.05) is 33.0 Å². The van der Waals surface area contributed by atoms with Crippen molar-refractivity contribution < 1.29 is 25.5 Å². The normalized spacial score (nSPS) is 10.8. The molecule has 5 N–H and O–H groups in total. The number of hydrogen-bond donors (Lipinski definition) is 5. The van der Waals surface area contributed by atoms with Gasteiger partial charge < -0.3 is 25.5 Å². The number of benzene rings is 1. The summed E-state index contributed by atoms with van der Waals surface area (Å²) in [5.41, 5.74) is 0.191. The number of aliphatic hydroxyl groups excluding tert-OH is 5. The van der Waals surface area contributed by atoms with Gasteiger partial charge in [-0.1, -0.05) is 30.3 Å². The lowest BCUT2D eigenvalue weighted by Gasteiger charge is -2.23. The first-order valence-corrected chi connectivity index (χ1v) is 6.26. The Kier molecular flexibility index (Phi) is 10.3. The lowest BCUT2D eigenvalue weighted by atomic mass is 9.93. The van der Waals surface area contributed by atoms with Crippen LogP contribution in [0.4, 0.5) is 0 Å². The molecule has 0 unspecified atom stereocenters. The molecule has 0 atom stereocenters. The molecular weight excluding hydrogens is 248 g/mol. The monoisotopic (exact) mass is 272 g/mol. The van der Waals surface area contributed by atoms with E-state index in [9.17, 15) is 0 Å². The van der Waals surface area contributed by atoms with E-state index >= 15 is 0 Å². The van der Waals surface area contributed by atoms with Crippen LogP contribution in [0.3, 0.4) is 0 Å². The Balaban J connectivity index is 0.000000344. The zero-order valence-corrected chi connectivity index (χ0v) is 11.1. The molecule has 0 heterocycles.